The smallest absolute Gasteiger partial charge is 0.485 e. The topological polar surface area (TPSA) is 114 Å². The summed E-state index contributed by atoms with van der Waals surface area (Å²) in [6.07, 6.45) is 0. The minimum atomic E-state index is -6.09. The summed E-state index contributed by atoms with van der Waals surface area (Å²) in [5.41, 5.74) is -3.40. The molecule has 7 nitrogen and oxygen atoms in total. The number of diazo groups is 1. The van der Waals surface area contributed by atoms with E-state index in [2.05, 4.69) is 10.3 Å². The number of amides is 1. The number of benzene rings is 2. The van der Waals surface area contributed by atoms with Crippen molar-refractivity contribution >= 4 is 39.2 Å². The summed E-state index contributed by atoms with van der Waals surface area (Å²) in [6, 6.07) is 13.3. The van der Waals surface area contributed by atoms with E-state index in [-0.39, 0.29) is 5.91 Å². The van der Waals surface area contributed by atoms with Crippen LogP contribution in [-0.2, 0) is 14.9 Å². The van der Waals surface area contributed by atoms with E-state index in [1.54, 1.807) is 23.9 Å². The standard InChI is InChI=1S/C15H13N3OS.CHF3O3S/c1-10-3-6-13(7-4-10)20-15-8-5-12(18-16)9-14(15)17-11(2)19;2-1(3,4)8(5,6)7/h3-9H,1-2H3;(H,5,6,7). The van der Waals surface area contributed by atoms with Gasteiger partial charge in [-0.3, -0.25) is 4.79 Å². The largest absolute Gasteiger partial charge is 0.741 e. The normalized spacial score (nSPS) is 11.0. The molecule has 0 aliphatic rings. The fourth-order valence-electron chi connectivity index (χ4n) is 1.69. The van der Waals surface area contributed by atoms with Gasteiger partial charge in [0.1, 0.15) is 0 Å². The lowest BCUT2D eigenvalue weighted by Gasteiger charge is -2.08. The Morgan fingerprint density at radius 3 is 2.14 bits per heavy atom. The number of nitrogens with one attached hydrogen (secondary N) is 1. The molecule has 0 fully saturated rings. The average Bonchev–Trinajstić information content (AvgIpc) is 2.56. The zero-order chi connectivity index (χ0) is 21.5. The zero-order valence-electron chi connectivity index (χ0n) is 14.5. The van der Waals surface area contributed by atoms with Gasteiger partial charge in [0.15, 0.2) is 15.1 Å². The van der Waals surface area contributed by atoms with Crippen molar-refractivity contribution in [3.05, 3.63) is 53.0 Å². The van der Waals surface area contributed by atoms with Crippen LogP contribution in [0.25, 0.3) is 4.98 Å². The molecule has 0 radical (unpaired) electrons. The number of nitrogens with zero attached hydrogens (tertiary/aromatic N) is 2. The number of aryl methyl sites for hydroxylation is 1. The average molecular weight is 433 g/mol. The number of alkyl halides is 3. The van der Waals surface area contributed by atoms with Crippen LogP contribution in [0.1, 0.15) is 12.5 Å². The Labute approximate surface area is 163 Å². The quantitative estimate of drug-likeness (QED) is 0.428. The van der Waals surface area contributed by atoms with Crippen LogP contribution in [0, 0.1) is 12.3 Å². The molecular formula is C16H14F3N3O4S2. The Kier molecular flexibility index (Phi) is 7.98. The summed E-state index contributed by atoms with van der Waals surface area (Å²) in [5.74, 6) is -0.161. The van der Waals surface area contributed by atoms with Gasteiger partial charge in [0.2, 0.25) is 11.3 Å². The first-order valence-corrected chi connectivity index (χ1v) is 9.59. The molecule has 0 heterocycles. The molecule has 2 rings (SSSR count). The first kappa shape index (κ1) is 23.4. The van der Waals surface area contributed by atoms with Crippen LogP contribution in [0.3, 0.4) is 0 Å². The van der Waals surface area contributed by atoms with E-state index in [1.807, 2.05) is 37.3 Å². The van der Waals surface area contributed by atoms with Crippen molar-refractivity contribution in [2.24, 2.45) is 0 Å². The van der Waals surface area contributed by atoms with Crippen LogP contribution in [-0.4, -0.2) is 24.4 Å². The molecule has 0 saturated heterocycles. The van der Waals surface area contributed by atoms with Gasteiger partial charge >= 0.3 is 11.2 Å². The maximum absolute atomic E-state index is 11.2. The van der Waals surface area contributed by atoms with Crippen LogP contribution < -0.4 is 5.32 Å². The van der Waals surface area contributed by atoms with E-state index in [0.717, 1.165) is 9.79 Å². The fourth-order valence-corrected chi connectivity index (χ4v) is 2.57. The lowest BCUT2D eigenvalue weighted by Crippen LogP contribution is -2.21. The number of halogens is 3. The molecule has 2 aromatic carbocycles. The maximum Gasteiger partial charge on any atom is 0.485 e. The first-order chi connectivity index (χ1) is 12.8. The number of carbonyl (C=O) groups is 1. The van der Waals surface area contributed by atoms with Crippen LogP contribution >= 0.6 is 11.8 Å². The lowest BCUT2D eigenvalue weighted by atomic mass is 10.2. The second-order valence-electron chi connectivity index (χ2n) is 5.28. The van der Waals surface area contributed by atoms with Gasteiger partial charge in [0, 0.05) is 22.8 Å². The molecule has 0 atom stereocenters. The van der Waals surface area contributed by atoms with Crippen molar-refractivity contribution in [3.8, 4) is 0 Å². The maximum atomic E-state index is 11.2. The molecule has 0 aliphatic heterocycles. The highest BCUT2D eigenvalue weighted by molar-refractivity contribution is 7.99. The van der Waals surface area contributed by atoms with E-state index >= 15 is 0 Å². The van der Waals surface area contributed by atoms with Crippen molar-refractivity contribution in [3.63, 3.8) is 0 Å². The number of rotatable bonds is 3. The Bertz CT molecular complexity index is 986. The highest BCUT2D eigenvalue weighted by atomic mass is 32.2. The van der Waals surface area contributed by atoms with Crippen molar-refractivity contribution in [1.29, 1.82) is 5.39 Å². The van der Waals surface area contributed by atoms with Gasteiger partial charge in [-0.2, -0.15) is 13.2 Å². The second kappa shape index (κ2) is 9.54. The molecule has 1 N–H and O–H groups in total. The second-order valence-corrected chi connectivity index (χ2v) is 7.76. The number of hydrogen-bond acceptors (Lipinski definition) is 6. The summed E-state index contributed by atoms with van der Waals surface area (Å²) < 4.78 is 58.9. The monoisotopic (exact) mass is 433 g/mol. The van der Waals surface area contributed by atoms with Gasteiger partial charge in [0.05, 0.1) is 11.8 Å². The highest BCUT2D eigenvalue weighted by Crippen LogP contribution is 2.36. The van der Waals surface area contributed by atoms with Gasteiger partial charge in [-0.15, -0.1) is 0 Å². The van der Waals surface area contributed by atoms with E-state index in [4.69, 9.17) is 18.4 Å². The molecule has 2 aromatic rings. The third-order valence-electron chi connectivity index (χ3n) is 2.92. The predicted octanol–water partition coefficient (Wildman–Crippen LogP) is 4.64. The third-order valence-corrected chi connectivity index (χ3v) is 4.57. The molecule has 1 amide bonds. The van der Waals surface area contributed by atoms with Crippen molar-refractivity contribution in [2.75, 3.05) is 5.32 Å². The fraction of sp³-hybridized carbons (Fsp3) is 0.188. The molecule has 0 aromatic heterocycles. The summed E-state index contributed by atoms with van der Waals surface area (Å²) in [6.45, 7) is 3.48. The molecule has 0 aliphatic carbocycles. The van der Waals surface area contributed by atoms with Crippen molar-refractivity contribution < 1.29 is 30.9 Å². The van der Waals surface area contributed by atoms with E-state index in [0.29, 0.717) is 11.4 Å². The number of anilines is 1. The molecule has 0 bridgehead atoms. The van der Waals surface area contributed by atoms with Crippen molar-refractivity contribution in [1.82, 2.24) is 0 Å². The third kappa shape index (κ3) is 7.55. The van der Waals surface area contributed by atoms with Crippen molar-refractivity contribution in [2.45, 2.75) is 29.1 Å². The van der Waals surface area contributed by atoms with Crippen LogP contribution in [0.2, 0.25) is 0 Å². The number of carbonyl (C=O) groups excluding carboxylic acids is 1. The Morgan fingerprint density at radius 1 is 1.18 bits per heavy atom. The Morgan fingerprint density at radius 2 is 1.71 bits per heavy atom. The Hall–Kier alpha value is -2.62. The van der Waals surface area contributed by atoms with Gasteiger partial charge in [-0.1, -0.05) is 29.5 Å². The summed E-state index contributed by atoms with van der Waals surface area (Å²) in [5, 5.41) is 11.6. The summed E-state index contributed by atoms with van der Waals surface area (Å²) in [7, 11) is -6.09. The van der Waals surface area contributed by atoms with Crippen LogP contribution in [0.4, 0.5) is 24.5 Å². The van der Waals surface area contributed by atoms with E-state index in [1.165, 1.54) is 12.5 Å². The Balaban J connectivity index is 0.000000416. The molecule has 150 valence electrons. The number of hydrogen-bond donors (Lipinski definition) is 1. The van der Waals surface area contributed by atoms with Crippen LogP contribution in [0.5, 0.6) is 0 Å². The molecular weight excluding hydrogens is 419 g/mol. The molecule has 12 heteroatoms. The summed E-state index contributed by atoms with van der Waals surface area (Å²) >= 11 is 1.55. The van der Waals surface area contributed by atoms with Crippen LogP contribution in [0.15, 0.2) is 52.3 Å². The molecule has 0 saturated carbocycles. The lowest BCUT2D eigenvalue weighted by molar-refractivity contribution is -0.114. The predicted molar refractivity (Wildman–Crippen MR) is 96.5 cm³/mol. The van der Waals surface area contributed by atoms with E-state index in [9.17, 15) is 18.0 Å². The molecule has 0 spiro atoms. The SMILES string of the molecule is CC(=O)Nc1cc([N+]#N)ccc1Sc1ccc(C)cc1.O=S(=O)([O-])C(F)(F)F. The highest BCUT2D eigenvalue weighted by Gasteiger charge is 2.36. The minimum Gasteiger partial charge on any atom is -0.741 e. The zero-order valence-corrected chi connectivity index (χ0v) is 16.2. The van der Waals surface area contributed by atoms with Gasteiger partial charge in [-0.05, 0) is 25.1 Å². The van der Waals surface area contributed by atoms with Gasteiger partial charge in [0.25, 0.3) is 0 Å². The van der Waals surface area contributed by atoms with Gasteiger partial charge in [-0.25, -0.2) is 8.42 Å². The molecule has 28 heavy (non-hydrogen) atoms. The van der Waals surface area contributed by atoms with Gasteiger partial charge < -0.3 is 9.87 Å². The minimum absolute atomic E-state index is 0.161. The van der Waals surface area contributed by atoms with E-state index < -0.39 is 15.6 Å². The summed E-state index contributed by atoms with van der Waals surface area (Å²) in [4.78, 5) is 16.4. The molecule has 0 unspecified atom stereocenters. The first-order valence-electron chi connectivity index (χ1n) is 7.37.